The molecule has 0 aliphatic carbocycles. The summed E-state index contributed by atoms with van der Waals surface area (Å²) in [5.74, 6) is -0.956. The zero-order valence-electron chi connectivity index (χ0n) is 10.2. The zero-order chi connectivity index (χ0) is 14.7. The molecule has 6 heteroatoms. The highest BCUT2D eigenvalue weighted by molar-refractivity contribution is 9.10. The van der Waals surface area contributed by atoms with Crippen molar-refractivity contribution in [1.82, 2.24) is 0 Å². The van der Waals surface area contributed by atoms with Crippen LogP contribution < -0.4 is 11.1 Å². The molecule has 20 heavy (non-hydrogen) atoms. The van der Waals surface area contributed by atoms with E-state index >= 15 is 0 Å². The fraction of sp³-hybridized carbons (Fsp3) is 0.0714. The molecule has 0 radical (unpaired) electrons. The van der Waals surface area contributed by atoms with Crippen LogP contribution in [0.25, 0.3) is 0 Å². The maximum absolute atomic E-state index is 13.1. The number of hydrogen-bond donors (Lipinski definition) is 2. The van der Waals surface area contributed by atoms with E-state index in [0.717, 1.165) is 0 Å². The zero-order valence-corrected chi connectivity index (χ0v) is 12.6. The number of rotatable bonds is 4. The summed E-state index contributed by atoms with van der Waals surface area (Å²) in [7, 11) is 0. The van der Waals surface area contributed by atoms with Crippen molar-refractivity contribution in [2.24, 2.45) is 5.73 Å². The van der Waals surface area contributed by atoms with Crippen LogP contribution in [0.15, 0.2) is 46.9 Å². The van der Waals surface area contributed by atoms with Crippen LogP contribution in [0.4, 0.5) is 10.1 Å². The summed E-state index contributed by atoms with van der Waals surface area (Å²) in [6.07, 6.45) is 0. The SMILES string of the molecule is NC(=O)C(Nc1ccc(Cl)cc1)c1ccc(F)cc1Br. The Hall–Kier alpha value is -1.59. The molecule has 0 fully saturated rings. The van der Waals surface area contributed by atoms with E-state index in [4.69, 9.17) is 17.3 Å². The normalized spacial score (nSPS) is 11.9. The monoisotopic (exact) mass is 356 g/mol. The minimum absolute atomic E-state index is 0.393. The Balaban J connectivity index is 2.31. The van der Waals surface area contributed by atoms with E-state index in [-0.39, 0.29) is 0 Å². The lowest BCUT2D eigenvalue weighted by Gasteiger charge is -2.18. The second-order valence-corrected chi connectivity index (χ2v) is 5.44. The molecule has 2 aromatic carbocycles. The van der Waals surface area contributed by atoms with Gasteiger partial charge in [0.25, 0.3) is 0 Å². The molecule has 3 N–H and O–H groups in total. The van der Waals surface area contributed by atoms with Gasteiger partial charge in [-0.15, -0.1) is 0 Å². The van der Waals surface area contributed by atoms with Crippen LogP contribution in [0, 0.1) is 5.82 Å². The van der Waals surface area contributed by atoms with Gasteiger partial charge in [-0.2, -0.15) is 0 Å². The summed E-state index contributed by atoms with van der Waals surface area (Å²) in [5, 5.41) is 3.59. The largest absolute Gasteiger partial charge is 0.370 e. The number of carbonyl (C=O) groups excluding carboxylic acids is 1. The molecule has 0 aliphatic rings. The average molecular weight is 358 g/mol. The predicted molar refractivity (Wildman–Crippen MR) is 81.1 cm³/mol. The number of carbonyl (C=O) groups is 1. The Morgan fingerprint density at radius 1 is 1.25 bits per heavy atom. The topological polar surface area (TPSA) is 55.1 Å². The molecule has 0 bridgehead atoms. The number of nitrogens with two attached hydrogens (primary N) is 1. The third kappa shape index (κ3) is 3.49. The van der Waals surface area contributed by atoms with E-state index in [1.54, 1.807) is 24.3 Å². The summed E-state index contributed by atoms with van der Waals surface area (Å²) in [6, 6.07) is 10.2. The number of benzene rings is 2. The van der Waals surface area contributed by atoms with Crippen LogP contribution in [-0.4, -0.2) is 5.91 Å². The number of halogens is 3. The number of hydrogen-bond acceptors (Lipinski definition) is 2. The number of anilines is 1. The van der Waals surface area contributed by atoms with Gasteiger partial charge in [0.1, 0.15) is 11.9 Å². The van der Waals surface area contributed by atoms with Crippen molar-refractivity contribution in [3.63, 3.8) is 0 Å². The van der Waals surface area contributed by atoms with Crippen LogP contribution >= 0.6 is 27.5 Å². The Bertz CT molecular complexity index is 634. The highest BCUT2D eigenvalue weighted by atomic mass is 79.9. The molecular formula is C14H11BrClFN2O. The van der Waals surface area contributed by atoms with Crippen molar-refractivity contribution in [3.05, 3.63) is 63.3 Å². The lowest BCUT2D eigenvalue weighted by atomic mass is 10.1. The molecule has 0 heterocycles. The van der Waals surface area contributed by atoms with Crippen LogP contribution in [0.5, 0.6) is 0 Å². The fourth-order valence-corrected chi connectivity index (χ4v) is 2.46. The third-order valence-corrected chi connectivity index (χ3v) is 3.65. The molecule has 0 saturated heterocycles. The maximum Gasteiger partial charge on any atom is 0.244 e. The highest BCUT2D eigenvalue weighted by Gasteiger charge is 2.20. The van der Waals surface area contributed by atoms with E-state index in [1.165, 1.54) is 18.2 Å². The molecule has 3 nitrogen and oxygen atoms in total. The molecule has 1 atom stereocenters. The van der Waals surface area contributed by atoms with Gasteiger partial charge in [0.15, 0.2) is 0 Å². The molecule has 0 spiro atoms. The van der Waals surface area contributed by atoms with Crippen molar-refractivity contribution in [1.29, 1.82) is 0 Å². The number of primary amides is 1. The van der Waals surface area contributed by atoms with Gasteiger partial charge in [-0.05, 0) is 42.0 Å². The van der Waals surface area contributed by atoms with Crippen LogP contribution in [0.2, 0.25) is 5.02 Å². The van der Waals surface area contributed by atoms with Gasteiger partial charge in [0.05, 0.1) is 0 Å². The Morgan fingerprint density at radius 3 is 2.45 bits per heavy atom. The van der Waals surface area contributed by atoms with Gasteiger partial charge in [0.2, 0.25) is 5.91 Å². The van der Waals surface area contributed by atoms with Crippen molar-refractivity contribution < 1.29 is 9.18 Å². The second-order valence-electron chi connectivity index (χ2n) is 4.15. The van der Waals surface area contributed by atoms with E-state index in [9.17, 15) is 9.18 Å². The molecule has 0 saturated carbocycles. The van der Waals surface area contributed by atoms with Crippen molar-refractivity contribution in [3.8, 4) is 0 Å². The van der Waals surface area contributed by atoms with Gasteiger partial charge >= 0.3 is 0 Å². The number of amides is 1. The Labute approximate surface area is 129 Å². The first-order valence-corrected chi connectivity index (χ1v) is 6.91. The molecule has 2 rings (SSSR count). The van der Waals surface area contributed by atoms with Crippen molar-refractivity contribution in [2.75, 3.05) is 5.32 Å². The number of nitrogens with one attached hydrogen (secondary N) is 1. The lowest BCUT2D eigenvalue weighted by molar-refractivity contribution is -0.118. The lowest BCUT2D eigenvalue weighted by Crippen LogP contribution is -2.28. The van der Waals surface area contributed by atoms with Gasteiger partial charge in [0, 0.05) is 15.2 Å². The fourth-order valence-electron chi connectivity index (χ4n) is 1.75. The van der Waals surface area contributed by atoms with Crippen molar-refractivity contribution in [2.45, 2.75) is 6.04 Å². The second kappa shape index (κ2) is 6.24. The van der Waals surface area contributed by atoms with Crippen molar-refractivity contribution >= 4 is 39.1 Å². The maximum atomic E-state index is 13.1. The summed E-state index contributed by atoms with van der Waals surface area (Å²) >= 11 is 9.03. The van der Waals surface area contributed by atoms with Crippen LogP contribution in [0.3, 0.4) is 0 Å². The average Bonchev–Trinajstić information content (AvgIpc) is 2.39. The summed E-state index contributed by atoms with van der Waals surface area (Å²) in [6.45, 7) is 0. The van der Waals surface area contributed by atoms with Crippen LogP contribution in [0.1, 0.15) is 11.6 Å². The van der Waals surface area contributed by atoms with Gasteiger partial charge in [-0.25, -0.2) is 4.39 Å². The summed E-state index contributed by atoms with van der Waals surface area (Å²) < 4.78 is 13.6. The summed E-state index contributed by atoms with van der Waals surface area (Å²) in [4.78, 5) is 11.6. The summed E-state index contributed by atoms with van der Waals surface area (Å²) in [5.41, 5.74) is 6.66. The van der Waals surface area contributed by atoms with E-state index in [1.807, 2.05) is 0 Å². The molecule has 0 aromatic heterocycles. The van der Waals surface area contributed by atoms with E-state index in [0.29, 0.717) is 20.7 Å². The van der Waals surface area contributed by atoms with E-state index in [2.05, 4.69) is 21.2 Å². The first kappa shape index (κ1) is 14.8. The predicted octanol–water partition coefficient (Wildman–Crippen LogP) is 3.88. The van der Waals surface area contributed by atoms with Gasteiger partial charge in [-0.3, -0.25) is 4.79 Å². The smallest absolute Gasteiger partial charge is 0.244 e. The van der Waals surface area contributed by atoms with Gasteiger partial charge < -0.3 is 11.1 Å². The quantitative estimate of drug-likeness (QED) is 0.872. The van der Waals surface area contributed by atoms with Crippen LogP contribution in [-0.2, 0) is 4.79 Å². The minimum Gasteiger partial charge on any atom is -0.370 e. The molecule has 2 aromatic rings. The first-order chi connectivity index (χ1) is 9.47. The molecule has 1 amide bonds. The Morgan fingerprint density at radius 2 is 1.90 bits per heavy atom. The first-order valence-electron chi connectivity index (χ1n) is 5.74. The third-order valence-electron chi connectivity index (χ3n) is 2.71. The molecular weight excluding hydrogens is 347 g/mol. The standard InChI is InChI=1S/C14H11BrClFN2O/c15-12-7-9(17)3-6-11(12)13(14(18)20)19-10-4-1-8(16)2-5-10/h1-7,13,19H,(H2,18,20). The molecule has 104 valence electrons. The molecule has 0 aliphatic heterocycles. The Kier molecular flexibility index (Phi) is 4.62. The van der Waals surface area contributed by atoms with E-state index < -0.39 is 17.8 Å². The highest BCUT2D eigenvalue weighted by Crippen LogP contribution is 2.27. The molecule has 1 unspecified atom stereocenters. The van der Waals surface area contributed by atoms with Gasteiger partial charge in [-0.1, -0.05) is 33.6 Å². The minimum atomic E-state index is -0.772.